The molecule has 0 aliphatic rings. The fraction of sp³-hybridized carbons (Fsp3) is 0.200. The van der Waals surface area contributed by atoms with Crippen LogP contribution >= 0.6 is 0 Å². The molecule has 3 aromatic rings. The van der Waals surface area contributed by atoms with Crippen molar-refractivity contribution in [2.24, 2.45) is 0 Å². The summed E-state index contributed by atoms with van der Waals surface area (Å²) in [7, 11) is 4.45. The zero-order valence-electron chi connectivity index (χ0n) is 15.1. The second-order valence-corrected chi connectivity index (χ2v) is 5.57. The Balaban J connectivity index is 1.89. The lowest BCUT2D eigenvalue weighted by Crippen LogP contribution is -2.09. The van der Waals surface area contributed by atoms with E-state index in [0.717, 1.165) is 0 Å². The topological polar surface area (TPSA) is 84.2 Å². The third-order valence-electron chi connectivity index (χ3n) is 4.02. The molecule has 1 heterocycles. The molecule has 0 fully saturated rings. The SMILES string of the molecule is COc1ccc2c(COC(=O)c3cccc(OC)c3OC)cc(=O)oc2c1. The Morgan fingerprint density at radius 2 is 1.81 bits per heavy atom. The number of benzene rings is 2. The van der Waals surface area contributed by atoms with Gasteiger partial charge in [-0.15, -0.1) is 0 Å². The fourth-order valence-electron chi connectivity index (χ4n) is 2.73. The van der Waals surface area contributed by atoms with E-state index in [0.29, 0.717) is 28.0 Å². The van der Waals surface area contributed by atoms with Crippen LogP contribution in [0.5, 0.6) is 17.2 Å². The van der Waals surface area contributed by atoms with Crippen LogP contribution in [0.3, 0.4) is 0 Å². The highest BCUT2D eigenvalue weighted by molar-refractivity contribution is 5.93. The van der Waals surface area contributed by atoms with Crippen molar-refractivity contribution in [3.05, 3.63) is 64.0 Å². The van der Waals surface area contributed by atoms with E-state index >= 15 is 0 Å². The number of carbonyl (C=O) groups excluding carboxylic acids is 1. The number of hydrogen-bond acceptors (Lipinski definition) is 7. The van der Waals surface area contributed by atoms with Gasteiger partial charge in [-0.05, 0) is 24.3 Å². The van der Waals surface area contributed by atoms with E-state index in [1.165, 1.54) is 27.4 Å². The Hall–Kier alpha value is -3.48. The van der Waals surface area contributed by atoms with Crippen LogP contribution in [-0.4, -0.2) is 27.3 Å². The van der Waals surface area contributed by atoms with E-state index in [1.807, 2.05) is 0 Å². The van der Waals surface area contributed by atoms with Crippen LogP contribution in [0.15, 0.2) is 51.7 Å². The fourth-order valence-corrected chi connectivity index (χ4v) is 2.73. The van der Waals surface area contributed by atoms with Gasteiger partial charge in [0.15, 0.2) is 11.5 Å². The molecule has 3 rings (SSSR count). The number of esters is 1. The van der Waals surface area contributed by atoms with Gasteiger partial charge in [0.05, 0.1) is 21.3 Å². The molecule has 0 aliphatic carbocycles. The lowest BCUT2D eigenvalue weighted by atomic mass is 10.1. The summed E-state index contributed by atoms with van der Waals surface area (Å²) < 4.78 is 26.1. The van der Waals surface area contributed by atoms with Gasteiger partial charge in [-0.2, -0.15) is 0 Å². The van der Waals surface area contributed by atoms with Gasteiger partial charge in [0.2, 0.25) is 0 Å². The second-order valence-electron chi connectivity index (χ2n) is 5.57. The monoisotopic (exact) mass is 370 g/mol. The molecule has 27 heavy (non-hydrogen) atoms. The Morgan fingerprint density at radius 1 is 1.00 bits per heavy atom. The standard InChI is InChI=1S/C20H18O7/c1-23-13-7-8-14-12(9-18(21)27-17(14)10-13)11-26-20(22)15-5-4-6-16(24-2)19(15)25-3/h4-10H,11H2,1-3H3. The van der Waals surface area contributed by atoms with Crippen LogP contribution in [0.1, 0.15) is 15.9 Å². The van der Waals surface area contributed by atoms with Crippen LogP contribution < -0.4 is 19.8 Å². The van der Waals surface area contributed by atoms with E-state index in [4.69, 9.17) is 23.4 Å². The van der Waals surface area contributed by atoms with Gasteiger partial charge < -0.3 is 23.4 Å². The summed E-state index contributed by atoms with van der Waals surface area (Å²) in [6, 6.07) is 11.3. The molecular formula is C20H18O7. The highest BCUT2D eigenvalue weighted by Gasteiger charge is 2.18. The van der Waals surface area contributed by atoms with E-state index in [-0.39, 0.29) is 17.9 Å². The summed E-state index contributed by atoms with van der Waals surface area (Å²) >= 11 is 0. The lowest BCUT2D eigenvalue weighted by Gasteiger charge is -2.12. The average molecular weight is 370 g/mol. The molecule has 7 nitrogen and oxygen atoms in total. The van der Waals surface area contributed by atoms with Gasteiger partial charge in [0.25, 0.3) is 0 Å². The second kappa shape index (κ2) is 7.82. The van der Waals surface area contributed by atoms with Crippen molar-refractivity contribution < 1.29 is 28.2 Å². The molecule has 0 radical (unpaired) electrons. The molecule has 0 saturated carbocycles. The van der Waals surface area contributed by atoms with Crippen molar-refractivity contribution in [2.45, 2.75) is 6.61 Å². The van der Waals surface area contributed by atoms with Gasteiger partial charge in [-0.1, -0.05) is 6.07 Å². The quantitative estimate of drug-likeness (QED) is 0.487. The van der Waals surface area contributed by atoms with Gasteiger partial charge >= 0.3 is 11.6 Å². The summed E-state index contributed by atoms with van der Waals surface area (Å²) in [6.45, 7) is -0.104. The molecule has 1 aromatic heterocycles. The first-order valence-electron chi connectivity index (χ1n) is 8.06. The maximum Gasteiger partial charge on any atom is 0.342 e. The van der Waals surface area contributed by atoms with E-state index in [1.54, 1.807) is 36.4 Å². The normalized spacial score (nSPS) is 10.5. The molecule has 0 aliphatic heterocycles. The molecule has 0 unspecified atom stereocenters. The number of rotatable bonds is 6. The van der Waals surface area contributed by atoms with E-state index in [2.05, 4.69) is 0 Å². The summed E-state index contributed by atoms with van der Waals surface area (Å²) in [5.41, 5.74) is 0.567. The van der Waals surface area contributed by atoms with Gasteiger partial charge in [-0.25, -0.2) is 9.59 Å². The van der Waals surface area contributed by atoms with Crippen molar-refractivity contribution in [3.63, 3.8) is 0 Å². The van der Waals surface area contributed by atoms with Crippen LogP contribution in [0.4, 0.5) is 0 Å². The number of fused-ring (bicyclic) bond motifs is 1. The van der Waals surface area contributed by atoms with Crippen molar-refractivity contribution in [2.75, 3.05) is 21.3 Å². The van der Waals surface area contributed by atoms with Gasteiger partial charge in [-0.3, -0.25) is 0 Å². The number of para-hydroxylation sites is 1. The molecule has 0 atom stereocenters. The minimum atomic E-state index is -0.597. The number of hydrogen-bond donors (Lipinski definition) is 0. The molecule has 0 saturated heterocycles. The first-order chi connectivity index (χ1) is 13.1. The molecule has 0 N–H and O–H groups in total. The molecule has 0 amide bonds. The molecule has 7 heteroatoms. The highest BCUT2D eigenvalue weighted by atomic mass is 16.5. The molecular weight excluding hydrogens is 352 g/mol. The Morgan fingerprint density at radius 3 is 2.52 bits per heavy atom. The van der Waals surface area contributed by atoms with E-state index < -0.39 is 11.6 Å². The Kier molecular flexibility index (Phi) is 5.30. The van der Waals surface area contributed by atoms with Crippen LogP contribution in [0, 0.1) is 0 Å². The van der Waals surface area contributed by atoms with Crippen molar-refractivity contribution >= 4 is 16.9 Å². The third kappa shape index (κ3) is 3.72. The van der Waals surface area contributed by atoms with E-state index in [9.17, 15) is 9.59 Å². The Labute approximate surface area is 155 Å². The summed E-state index contributed by atoms with van der Waals surface area (Å²) in [5, 5.41) is 0.654. The summed E-state index contributed by atoms with van der Waals surface area (Å²) in [6.07, 6.45) is 0. The minimum absolute atomic E-state index is 0.104. The van der Waals surface area contributed by atoms with Crippen molar-refractivity contribution in [1.29, 1.82) is 0 Å². The van der Waals surface area contributed by atoms with Crippen LogP contribution in [0.25, 0.3) is 11.0 Å². The number of methoxy groups -OCH3 is 3. The maximum atomic E-state index is 12.5. The molecule has 2 aromatic carbocycles. The lowest BCUT2D eigenvalue weighted by molar-refractivity contribution is 0.0469. The van der Waals surface area contributed by atoms with Gasteiger partial charge in [0.1, 0.15) is 23.5 Å². The predicted molar refractivity (Wildman–Crippen MR) is 97.7 cm³/mol. The zero-order valence-corrected chi connectivity index (χ0v) is 15.1. The van der Waals surface area contributed by atoms with Gasteiger partial charge in [0, 0.05) is 23.1 Å². The largest absolute Gasteiger partial charge is 0.497 e. The molecule has 0 spiro atoms. The minimum Gasteiger partial charge on any atom is -0.497 e. The smallest absolute Gasteiger partial charge is 0.342 e. The predicted octanol–water partition coefficient (Wildman–Crippen LogP) is 3.18. The summed E-state index contributed by atoms with van der Waals surface area (Å²) in [5.74, 6) is 0.665. The van der Waals surface area contributed by atoms with Crippen LogP contribution in [-0.2, 0) is 11.3 Å². The number of ether oxygens (including phenoxy) is 4. The Bertz CT molecular complexity index is 1040. The first kappa shape index (κ1) is 18.3. The van der Waals surface area contributed by atoms with Crippen molar-refractivity contribution in [1.82, 2.24) is 0 Å². The molecule has 140 valence electrons. The van der Waals surface area contributed by atoms with Crippen LogP contribution in [0.2, 0.25) is 0 Å². The average Bonchev–Trinajstić information content (AvgIpc) is 2.70. The number of carbonyl (C=O) groups is 1. The summed E-state index contributed by atoms with van der Waals surface area (Å²) in [4.78, 5) is 24.3. The molecule has 0 bridgehead atoms. The zero-order chi connectivity index (χ0) is 19.4. The van der Waals surface area contributed by atoms with Crippen molar-refractivity contribution in [3.8, 4) is 17.2 Å². The highest BCUT2D eigenvalue weighted by Crippen LogP contribution is 2.31. The maximum absolute atomic E-state index is 12.5. The third-order valence-corrected chi connectivity index (χ3v) is 4.02. The first-order valence-corrected chi connectivity index (χ1v) is 8.06.